The molecule has 0 amide bonds. The quantitative estimate of drug-likeness (QED) is 0.886. The molecule has 2 N–H and O–H groups in total. The van der Waals surface area contributed by atoms with Gasteiger partial charge in [-0.2, -0.15) is 0 Å². The average Bonchev–Trinajstić information content (AvgIpc) is 2.81. The Labute approximate surface area is 116 Å². The SMILES string of the molecule is O=C(O)C1CS(=O)CC(c2cc3ccccc3s2)N1. The minimum absolute atomic E-state index is 0.131. The topological polar surface area (TPSA) is 66.4 Å². The second-order valence-corrected chi connectivity index (χ2v) is 7.23. The van der Waals surface area contributed by atoms with E-state index in [0.29, 0.717) is 5.75 Å². The van der Waals surface area contributed by atoms with Crippen molar-refractivity contribution in [2.75, 3.05) is 11.5 Å². The van der Waals surface area contributed by atoms with Crippen LogP contribution in [0.4, 0.5) is 0 Å². The van der Waals surface area contributed by atoms with Crippen LogP contribution in [0.5, 0.6) is 0 Å². The first-order valence-corrected chi connectivity index (χ1v) is 8.26. The minimum Gasteiger partial charge on any atom is -0.480 e. The zero-order valence-corrected chi connectivity index (χ0v) is 11.7. The first-order chi connectivity index (χ1) is 9.13. The summed E-state index contributed by atoms with van der Waals surface area (Å²) < 4.78 is 13.0. The van der Waals surface area contributed by atoms with Crippen LogP contribution in [0.15, 0.2) is 30.3 Å². The lowest BCUT2D eigenvalue weighted by Crippen LogP contribution is -2.49. The molecular formula is C13H13NO3S2. The van der Waals surface area contributed by atoms with Crippen LogP contribution < -0.4 is 5.32 Å². The van der Waals surface area contributed by atoms with Crippen molar-refractivity contribution >= 4 is 38.2 Å². The van der Waals surface area contributed by atoms with E-state index in [9.17, 15) is 9.00 Å². The van der Waals surface area contributed by atoms with Crippen molar-refractivity contribution in [2.24, 2.45) is 0 Å². The van der Waals surface area contributed by atoms with Gasteiger partial charge < -0.3 is 5.11 Å². The number of benzene rings is 1. The van der Waals surface area contributed by atoms with Gasteiger partial charge in [-0.25, -0.2) is 0 Å². The Kier molecular flexibility index (Phi) is 3.38. The maximum absolute atomic E-state index is 11.8. The molecule has 3 unspecified atom stereocenters. The fraction of sp³-hybridized carbons (Fsp3) is 0.308. The molecule has 6 heteroatoms. The summed E-state index contributed by atoms with van der Waals surface area (Å²) in [7, 11) is -1.08. The Morgan fingerprint density at radius 2 is 2.16 bits per heavy atom. The molecule has 4 nitrogen and oxygen atoms in total. The molecule has 1 aromatic heterocycles. The van der Waals surface area contributed by atoms with E-state index in [0.717, 1.165) is 10.3 Å². The van der Waals surface area contributed by atoms with Gasteiger partial charge in [-0.15, -0.1) is 11.3 Å². The van der Waals surface area contributed by atoms with Crippen molar-refractivity contribution in [2.45, 2.75) is 12.1 Å². The van der Waals surface area contributed by atoms with Crippen molar-refractivity contribution in [3.05, 3.63) is 35.2 Å². The predicted molar refractivity (Wildman–Crippen MR) is 77.0 cm³/mol. The summed E-state index contributed by atoms with van der Waals surface area (Å²) in [5, 5.41) is 13.3. The fourth-order valence-corrected chi connectivity index (χ4v) is 4.88. The summed E-state index contributed by atoms with van der Waals surface area (Å²) in [6.45, 7) is 0. The number of aliphatic carboxylic acids is 1. The third-order valence-electron chi connectivity index (χ3n) is 3.19. The molecule has 19 heavy (non-hydrogen) atoms. The summed E-state index contributed by atoms with van der Waals surface area (Å²) in [6, 6.07) is 9.24. The summed E-state index contributed by atoms with van der Waals surface area (Å²) in [5.41, 5.74) is 0. The lowest BCUT2D eigenvalue weighted by Gasteiger charge is -2.27. The Balaban J connectivity index is 1.92. The first kappa shape index (κ1) is 12.8. The minimum atomic E-state index is -1.08. The van der Waals surface area contributed by atoms with Gasteiger partial charge in [0.25, 0.3) is 0 Å². The number of carboxylic acids is 1. The highest BCUT2D eigenvalue weighted by Crippen LogP contribution is 2.31. The van der Waals surface area contributed by atoms with Gasteiger partial charge in [0.2, 0.25) is 0 Å². The van der Waals surface area contributed by atoms with Crippen molar-refractivity contribution in [3.63, 3.8) is 0 Å². The molecule has 0 aliphatic carbocycles. The van der Waals surface area contributed by atoms with Crippen LogP contribution in [0.1, 0.15) is 10.9 Å². The van der Waals surface area contributed by atoms with E-state index in [4.69, 9.17) is 5.11 Å². The highest BCUT2D eigenvalue weighted by molar-refractivity contribution is 7.85. The number of fused-ring (bicyclic) bond motifs is 1. The molecule has 3 rings (SSSR count). The molecule has 0 bridgehead atoms. The first-order valence-electron chi connectivity index (χ1n) is 5.96. The second kappa shape index (κ2) is 5.03. The van der Waals surface area contributed by atoms with Crippen molar-refractivity contribution in [1.82, 2.24) is 5.32 Å². The molecule has 1 aliphatic heterocycles. The Morgan fingerprint density at radius 3 is 2.89 bits per heavy atom. The third-order valence-corrected chi connectivity index (χ3v) is 5.83. The molecular weight excluding hydrogens is 282 g/mol. The van der Waals surface area contributed by atoms with Crippen LogP contribution in [0.25, 0.3) is 10.1 Å². The van der Waals surface area contributed by atoms with E-state index in [2.05, 4.69) is 11.4 Å². The van der Waals surface area contributed by atoms with Gasteiger partial charge in [0.1, 0.15) is 6.04 Å². The van der Waals surface area contributed by atoms with E-state index >= 15 is 0 Å². The largest absolute Gasteiger partial charge is 0.480 e. The number of nitrogens with one attached hydrogen (secondary N) is 1. The van der Waals surface area contributed by atoms with Gasteiger partial charge in [-0.05, 0) is 17.5 Å². The van der Waals surface area contributed by atoms with Crippen molar-refractivity contribution in [3.8, 4) is 0 Å². The zero-order valence-electron chi connectivity index (χ0n) is 10.0. The molecule has 0 spiro atoms. The average molecular weight is 295 g/mol. The van der Waals surface area contributed by atoms with Gasteiger partial charge in [0.05, 0.1) is 6.04 Å². The van der Waals surface area contributed by atoms with Crippen LogP contribution in [0.3, 0.4) is 0 Å². The molecule has 0 radical (unpaired) electrons. The lowest BCUT2D eigenvalue weighted by molar-refractivity contribution is -0.139. The third kappa shape index (κ3) is 2.56. The predicted octanol–water partition coefficient (Wildman–Crippen LogP) is 1.75. The Bertz CT molecular complexity index is 619. The standard InChI is InChI=1S/C13H13NO3S2/c15-13(16)10-7-19(17)6-9(14-10)12-5-8-3-1-2-4-11(8)18-12/h1-5,9-10,14H,6-7H2,(H,15,16). The highest BCUT2D eigenvalue weighted by Gasteiger charge is 2.31. The molecule has 3 atom stereocenters. The van der Waals surface area contributed by atoms with Crippen LogP contribution in [-0.2, 0) is 15.6 Å². The van der Waals surface area contributed by atoms with Crippen molar-refractivity contribution < 1.29 is 14.1 Å². The lowest BCUT2D eigenvalue weighted by atomic mass is 10.2. The Hall–Kier alpha value is -1.24. The fourth-order valence-electron chi connectivity index (χ4n) is 2.26. The molecule has 1 aromatic carbocycles. The van der Waals surface area contributed by atoms with Gasteiger partial charge >= 0.3 is 5.97 Å². The normalized spacial score (nSPS) is 27.5. The van der Waals surface area contributed by atoms with E-state index < -0.39 is 22.8 Å². The van der Waals surface area contributed by atoms with Gasteiger partial charge in [0.15, 0.2) is 0 Å². The maximum Gasteiger partial charge on any atom is 0.321 e. The molecule has 2 heterocycles. The highest BCUT2D eigenvalue weighted by atomic mass is 32.2. The molecule has 2 aromatic rings. The van der Waals surface area contributed by atoms with E-state index in [-0.39, 0.29) is 11.8 Å². The van der Waals surface area contributed by atoms with Crippen molar-refractivity contribution in [1.29, 1.82) is 0 Å². The summed E-state index contributed by atoms with van der Waals surface area (Å²) in [4.78, 5) is 12.1. The van der Waals surface area contributed by atoms with E-state index in [1.54, 1.807) is 11.3 Å². The molecule has 1 fully saturated rings. The summed E-state index contributed by atoms with van der Waals surface area (Å²) in [5.74, 6) is -0.257. The smallest absolute Gasteiger partial charge is 0.321 e. The Morgan fingerprint density at radius 1 is 1.37 bits per heavy atom. The zero-order chi connectivity index (χ0) is 13.4. The van der Waals surface area contributed by atoms with E-state index in [1.165, 1.54) is 4.70 Å². The van der Waals surface area contributed by atoms with Crippen LogP contribution >= 0.6 is 11.3 Å². The van der Waals surface area contributed by atoms with Crippen LogP contribution in [-0.4, -0.2) is 32.8 Å². The number of hydrogen-bond donors (Lipinski definition) is 2. The molecule has 1 aliphatic rings. The number of rotatable bonds is 2. The molecule has 100 valence electrons. The number of carboxylic acid groups (broad SMARTS) is 1. The van der Waals surface area contributed by atoms with E-state index in [1.807, 2.05) is 24.3 Å². The monoisotopic (exact) mass is 295 g/mol. The van der Waals surface area contributed by atoms with Crippen LogP contribution in [0.2, 0.25) is 0 Å². The van der Waals surface area contributed by atoms with Crippen LogP contribution in [0, 0.1) is 0 Å². The maximum atomic E-state index is 11.8. The van der Waals surface area contributed by atoms with Gasteiger partial charge in [-0.3, -0.25) is 14.3 Å². The van der Waals surface area contributed by atoms with Gasteiger partial charge in [0, 0.05) is 31.9 Å². The summed E-state index contributed by atoms with van der Waals surface area (Å²) in [6.07, 6.45) is 0. The number of carbonyl (C=O) groups is 1. The second-order valence-electron chi connectivity index (χ2n) is 4.57. The molecule has 1 saturated heterocycles. The van der Waals surface area contributed by atoms with Gasteiger partial charge in [-0.1, -0.05) is 18.2 Å². The molecule has 0 saturated carbocycles. The number of hydrogen-bond acceptors (Lipinski definition) is 4. The summed E-state index contributed by atoms with van der Waals surface area (Å²) >= 11 is 1.63. The number of thiophene rings is 1.